The van der Waals surface area contributed by atoms with E-state index in [-0.39, 0.29) is 34.3 Å². The molecule has 3 aromatic rings. The van der Waals surface area contributed by atoms with Crippen LogP contribution in [0.3, 0.4) is 0 Å². The van der Waals surface area contributed by atoms with Crippen molar-refractivity contribution in [2.24, 2.45) is 0 Å². The lowest BCUT2D eigenvalue weighted by atomic mass is 9.97. The predicted molar refractivity (Wildman–Crippen MR) is 107 cm³/mol. The van der Waals surface area contributed by atoms with Crippen molar-refractivity contribution in [3.63, 3.8) is 0 Å². The molecule has 0 aliphatic rings. The van der Waals surface area contributed by atoms with Crippen molar-refractivity contribution >= 4 is 15.7 Å². The molecule has 2 heterocycles. The molecule has 8 nitrogen and oxygen atoms in total. The van der Waals surface area contributed by atoms with Crippen molar-refractivity contribution in [2.75, 3.05) is 6.26 Å². The van der Waals surface area contributed by atoms with E-state index in [9.17, 15) is 13.2 Å². The number of benzene rings is 1. The first kappa shape index (κ1) is 20.7. The first-order valence-corrected chi connectivity index (χ1v) is 10.8. The molecule has 1 N–H and O–H groups in total. The summed E-state index contributed by atoms with van der Waals surface area (Å²) < 4.78 is 28.7. The molecule has 0 spiro atoms. The Balaban J connectivity index is 1.70. The van der Waals surface area contributed by atoms with E-state index in [1.165, 1.54) is 12.1 Å². The molecule has 0 saturated heterocycles. The molecule has 0 aliphatic carbocycles. The Morgan fingerprint density at radius 1 is 1.07 bits per heavy atom. The fraction of sp³-hybridized carbons (Fsp3) is 0.300. The summed E-state index contributed by atoms with van der Waals surface area (Å²) in [5.74, 6) is 0.372. The highest BCUT2D eigenvalue weighted by atomic mass is 32.2. The standard InChI is InChI=1S/C20H22N4O4S/c1-20(2,3)19-24-23-18(28-19)16-7-5-6-15(22-16)17(25)21-12-13-8-10-14(11-9-13)29(4,26)27/h5-11H,12H2,1-4H3,(H,21,25). The van der Waals surface area contributed by atoms with Crippen LogP contribution in [0.15, 0.2) is 51.8 Å². The zero-order chi connectivity index (χ0) is 21.2. The van der Waals surface area contributed by atoms with Crippen molar-refractivity contribution in [3.8, 4) is 11.6 Å². The molecule has 29 heavy (non-hydrogen) atoms. The number of nitrogens with zero attached hydrogens (tertiary/aromatic N) is 3. The van der Waals surface area contributed by atoms with Crippen LogP contribution < -0.4 is 5.32 Å². The molecule has 3 rings (SSSR count). The largest absolute Gasteiger partial charge is 0.419 e. The van der Waals surface area contributed by atoms with E-state index in [0.717, 1.165) is 11.8 Å². The zero-order valence-corrected chi connectivity index (χ0v) is 17.4. The Bertz CT molecular complexity index is 1130. The number of sulfone groups is 1. The lowest BCUT2D eigenvalue weighted by Crippen LogP contribution is -2.23. The molecule has 0 aliphatic heterocycles. The third-order valence-electron chi connectivity index (χ3n) is 4.07. The predicted octanol–water partition coefficient (Wildman–Crippen LogP) is 2.76. The Hall–Kier alpha value is -3.07. The molecular formula is C20H22N4O4S. The number of nitrogens with one attached hydrogen (secondary N) is 1. The van der Waals surface area contributed by atoms with Gasteiger partial charge in [0.15, 0.2) is 9.84 Å². The number of aromatic nitrogens is 3. The van der Waals surface area contributed by atoms with E-state index in [1.807, 2.05) is 20.8 Å². The number of pyridine rings is 1. The van der Waals surface area contributed by atoms with Crippen LogP contribution in [-0.2, 0) is 21.8 Å². The van der Waals surface area contributed by atoms with Gasteiger partial charge in [-0.05, 0) is 29.8 Å². The Morgan fingerprint density at radius 2 is 1.76 bits per heavy atom. The second-order valence-corrected chi connectivity index (χ2v) is 9.68. The summed E-state index contributed by atoms with van der Waals surface area (Å²) in [6.45, 7) is 6.13. The fourth-order valence-electron chi connectivity index (χ4n) is 2.44. The summed E-state index contributed by atoms with van der Waals surface area (Å²) in [7, 11) is -3.25. The third-order valence-corrected chi connectivity index (χ3v) is 5.20. The summed E-state index contributed by atoms with van der Waals surface area (Å²) in [6, 6.07) is 11.3. The number of amides is 1. The first-order valence-electron chi connectivity index (χ1n) is 8.92. The lowest BCUT2D eigenvalue weighted by Gasteiger charge is -2.10. The number of carbonyl (C=O) groups excluding carboxylic acids is 1. The maximum absolute atomic E-state index is 12.5. The Morgan fingerprint density at radius 3 is 2.34 bits per heavy atom. The van der Waals surface area contributed by atoms with Gasteiger partial charge in [-0.15, -0.1) is 10.2 Å². The minimum absolute atomic E-state index is 0.214. The fourth-order valence-corrected chi connectivity index (χ4v) is 3.07. The summed E-state index contributed by atoms with van der Waals surface area (Å²) in [4.78, 5) is 17.0. The molecule has 0 bridgehead atoms. The topological polar surface area (TPSA) is 115 Å². The van der Waals surface area contributed by atoms with E-state index in [0.29, 0.717) is 11.6 Å². The number of rotatable bonds is 5. The highest BCUT2D eigenvalue weighted by Gasteiger charge is 2.22. The van der Waals surface area contributed by atoms with Crippen LogP contribution in [0.5, 0.6) is 0 Å². The highest BCUT2D eigenvalue weighted by molar-refractivity contribution is 7.90. The van der Waals surface area contributed by atoms with Gasteiger partial charge < -0.3 is 9.73 Å². The molecule has 152 valence electrons. The number of hydrogen-bond donors (Lipinski definition) is 1. The maximum Gasteiger partial charge on any atom is 0.270 e. The second kappa shape index (κ2) is 7.75. The normalized spacial score (nSPS) is 12.0. The molecular weight excluding hydrogens is 392 g/mol. The summed E-state index contributed by atoms with van der Waals surface area (Å²) >= 11 is 0. The molecule has 0 radical (unpaired) electrons. The quantitative estimate of drug-likeness (QED) is 0.682. The molecule has 9 heteroatoms. The van der Waals surface area contributed by atoms with Gasteiger partial charge in [0.05, 0.1) is 4.90 Å². The van der Waals surface area contributed by atoms with E-state index < -0.39 is 9.84 Å². The summed E-state index contributed by atoms with van der Waals surface area (Å²) in [6.07, 6.45) is 1.15. The Labute approximate surface area is 169 Å². The van der Waals surface area contributed by atoms with E-state index in [2.05, 4.69) is 20.5 Å². The van der Waals surface area contributed by atoms with Gasteiger partial charge in [-0.25, -0.2) is 13.4 Å². The zero-order valence-electron chi connectivity index (χ0n) is 16.6. The van der Waals surface area contributed by atoms with Gasteiger partial charge >= 0.3 is 0 Å². The van der Waals surface area contributed by atoms with Crippen molar-refractivity contribution in [1.82, 2.24) is 20.5 Å². The second-order valence-electron chi connectivity index (χ2n) is 7.67. The molecule has 0 saturated carbocycles. The van der Waals surface area contributed by atoms with Crippen LogP contribution in [0.2, 0.25) is 0 Å². The molecule has 2 aromatic heterocycles. The highest BCUT2D eigenvalue weighted by Crippen LogP contribution is 2.24. The van der Waals surface area contributed by atoms with E-state index >= 15 is 0 Å². The molecule has 0 atom stereocenters. The van der Waals surface area contributed by atoms with Crippen LogP contribution in [0, 0.1) is 0 Å². The third kappa shape index (κ3) is 5.05. The van der Waals surface area contributed by atoms with Crippen molar-refractivity contribution < 1.29 is 17.6 Å². The van der Waals surface area contributed by atoms with Crippen LogP contribution >= 0.6 is 0 Å². The van der Waals surface area contributed by atoms with Gasteiger partial charge in [0.25, 0.3) is 11.8 Å². The maximum atomic E-state index is 12.5. The number of hydrogen-bond acceptors (Lipinski definition) is 7. The average molecular weight is 414 g/mol. The van der Waals surface area contributed by atoms with Gasteiger partial charge in [0.2, 0.25) is 5.89 Å². The van der Waals surface area contributed by atoms with Gasteiger partial charge in [0.1, 0.15) is 11.4 Å². The minimum Gasteiger partial charge on any atom is -0.419 e. The van der Waals surface area contributed by atoms with Gasteiger partial charge in [0, 0.05) is 18.2 Å². The van der Waals surface area contributed by atoms with Crippen LogP contribution in [-0.4, -0.2) is 35.8 Å². The summed E-state index contributed by atoms with van der Waals surface area (Å²) in [5.41, 5.74) is 1.12. The van der Waals surface area contributed by atoms with Gasteiger partial charge in [-0.3, -0.25) is 4.79 Å². The smallest absolute Gasteiger partial charge is 0.270 e. The van der Waals surface area contributed by atoms with Crippen LogP contribution in [0.4, 0.5) is 0 Å². The van der Waals surface area contributed by atoms with Crippen molar-refractivity contribution in [3.05, 3.63) is 59.6 Å². The number of carbonyl (C=O) groups is 1. The molecule has 1 amide bonds. The lowest BCUT2D eigenvalue weighted by molar-refractivity contribution is 0.0946. The monoisotopic (exact) mass is 414 g/mol. The average Bonchev–Trinajstić information content (AvgIpc) is 3.16. The SMILES string of the molecule is CC(C)(C)c1nnc(-c2cccc(C(=O)NCc3ccc(S(C)(=O)=O)cc3)n2)o1. The van der Waals surface area contributed by atoms with Gasteiger partial charge in [-0.1, -0.05) is 39.0 Å². The molecule has 1 aromatic carbocycles. The van der Waals surface area contributed by atoms with Crippen molar-refractivity contribution in [2.45, 2.75) is 37.6 Å². The van der Waals surface area contributed by atoms with E-state index in [4.69, 9.17) is 4.42 Å². The van der Waals surface area contributed by atoms with Crippen molar-refractivity contribution in [1.29, 1.82) is 0 Å². The first-order chi connectivity index (χ1) is 13.5. The van der Waals surface area contributed by atoms with Crippen LogP contribution in [0.25, 0.3) is 11.6 Å². The minimum atomic E-state index is -3.25. The van der Waals surface area contributed by atoms with Gasteiger partial charge in [-0.2, -0.15) is 0 Å². The van der Waals surface area contributed by atoms with E-state index in [1.54, 1.807) is 30.3 Å². The summed E-state index contributed by atoms with van der Waals surface area (Å²) in [5, 5.41) is 10.8. The molecule has 0 unspecified atom stereocenters. The Kier molecular flexibility index (Phi) is 5.52. The van der Waals surface area contributed by atoms with Crippen LogP contribution in [0.1, 0.15) is 42.7 Å². The molecule has 0 fully saturated rings.